The van der Waals surface area contributed by atoms with Gasteiger partial charge in [-0.15, -0.1) is 11.3 Å². The molecule has 12 heavy (non-hydrogen) atoms. The SMILES string of the molecule is Cc1cc(F)c2nc(C)sc2c1. The number of nitrogens with zero attached hydrogens (tertiary/aromatic N) is 1. The normalized spacial score (nSPS) is 10.9. The molecule has 0 N–H and O–H groups in total. The summed E-state index contributed by atoms with van der Waals surface area (Å²) in [6, 6.07) is 3.48. The van der Waals surface area contributed by atoms with Gasteiger partial charge in [0.2, 0.25) is 0 Å². The van der Waals surface area contributed by atoms with Crippen LogP contribution in [0.4, 0.5) is 4.39 Å². The topological polar surface area (TPSA) is 12.9 Å². The molecule has 1 aromatic heterocycles. The number of halogens is 1. The molecule has 0 saturated carbocycles. The summed E-state index contributed by atoms with van der Waals surface area (Å²) < 4.78 is 14.1. The van der Waals surface area contributed by atoms with Gasteiger partial charge >= 0.3 is 0 Å². The molecule has 1 aromatic carbocycles. The summed E-state index contributed by atoms with van der Waals surface area (Å²) in [5.74, 6) is -0.214. The van der Waals surface area contributed by atoms with Crippen LogP contribution in [0.25, 0.3) is 10.2 Å². The van der Waals surface area contributed by atoms with Crippen molar-refractivity contribution in [2.24, 2.45) is 0 Å². The smallest absolute Gasteiger partial charge is 0.150 e. The maximum Gasteiger partial charge on any atom is 0.150 e. The van der Waals surface area contributed by atoms with E-state index in [0.29, 0.717) is 5.52 Å². The Morgan fingerprint density at radius 2 is 2.08 bits per heavy atom. The summed E-state index contributed by atoms with van der Waals surface area (Å²) in [5, 5.41) is 0.912. The largest absolute Gasteiger partial charge is 0.238 e. The summed E-state index contributed by atoms with van der Waals surface area (Å²) in [6.45, 7) is 3.77. The molecule has 0 amide bonds. The number of aromatic nitrogens is 1. The van der Waals surface area contributed by atoms with Crippen LogP contribution in [0.5, 0.6) is 0 Å². The predicted molar refractivity (Wildman–Crippen MR) is 49.1 cm³/mol. The Morgan fingerprint density at radius 1 is 1.33 bits per heavy atom. The average molecular weight is 181 g/mol. The molecule has 1 nitrogen and oxygen atoms in total. The van der Waals surface area contributed by atoms with Crippen molar-refractivity contribution in [2.75, 3.05) is 0 Å². The van der Waals surface area contributed by atoms with Crippen molar-refractivity contribution >= 4 is 21.6 Å². The average Bonchev–Trinajstić information content (AvgIpc) is 2.29. The first kappa shape index (κ1) is 7.68. The van der Waals surface area contributed by atoms with E-state index in [9.17, 15) is 4.39 Å². The van der Waals surface area contributed by atoms with Gasteiger partial charge in [0.05, 0.1) is 9.71 Å². The first-order valence-corrected chi connectivity index (χ1v) is 4.52. The third kappa shape index (κ3) is 1.10. The fourth-order valence-electron chi connectivity index (χ4n) is 1.23. The molecular formula is C9H8FNS. The molecule has 3 heteroatoms. The van der Waals surface area contributed by atoms with Crippen molar-refractivity contribution < 1.29 is 4.39 Å². The summed E-state index contributed by atoms with van der Waals surface area (Å²) in [5.41, 5.74) is 1.45. The zero-order valence-electron chi connectivity index (χ0n) is 6.89. The lowest BCUT2D eigenvalue weighted by atomic mass is 10.2. The lowest BCUT2D eigenvalue weighted by molar-refractivity contribution is 0.636. The first-order valence-electron chi connectivity index (χ1n) is 3.70. The van der Waals surface area contributed by atoms with Crippen LogP contribution < -0.4 is 0 Å². The lowest BCUT2D eigenvalue weighted by Crippen LogP contribution is -1.79. The van der Waals surface area contributed by atoms with E-state index in [1.54, 1.807) is 0 Å². The van der Waals surface area contributed by atoms with Crippen molar-refractivity contribution in [1.82, 2.24) is 4.98 Å². The van der Waals surface area contributed by atoms with Gasteiger partial charge in [0.25, 0.3) is 0 Å². The monoisotopic (exact) mass is 181 g/mol. The van der Waals surface area contributed by atoms with Crippen LogP contribution in [0.3, 0.4) is 0 Å². The van der Waals surface area contributed by atoms with Crippen molar-refractivity contribution in [3.8, 4) is 0 Å². The summed E-state index contributed by atoms with van der Waals surface area (Å²) in [4.78, 5) is 4.10. The molecular weight excluding hydrogens is 173 g/mol. The highest BCUT2D eigenvalue weighted by Gasteiger charge is 2.05. The van der Waals surface area contributed by atoms with E-state index in [-0.39, 0.29) is 5.82 Å². The number of hydrogen-bond acceptors (Lipinski definition) is 2. The van der Waals surface area contributed by atoms with Gasteiger partial charge in [-0.1, -0.05) is 0 Å². The van der Waals surface area contributed by atoms with E-state index >= 15 is 0 Å². The summed E-state index contributed by atoms with van der Waals surface area (Å²) in [6.07, 6.45) is 0. The highest BCUT2D eigenvalue weighted by molar-refractivity contribution is 7.18. The van der Waals surface area contributed by atoms with E-state index in [0.717, 1.165) is 15.3 Å². The zero-order valence-corrected chi connectivity index (χ0v) is 7.70. The van der Waals surface area contributed by atoms with Crippen LogP contribution in [-0.2, 0) is 0 Å². The molecule has 0 aliphatic rings. The molecule has 0 unspecified atom stereocenters. The van der Waals surface area contributed by atoms with Gasteiger partial charge < -0.3 is 0 Å². The van der Waals surface area contributed by atoms with Gasteiger partial charge in [-0.2, -0.15) is 0 Å². The van der Waals surface area contributed by atoms with Crippen molar-refractivity contribution in [3.63, 3.8) is 0 Å². The molecule has 0 spiro atoms. The second kappa shape index (κ2) is 2.52. The van der Waals surface area contributed by atoms with Gasteiger partial charge in [0, 0.05) is 0 Å². The van der Waals surface area contributed by atoms with Gasteiger partial charge in [-0.25, -0.2) is 9.37 Å². The van der Waals surface area contributed by atoms with Crippen molar-refractivity contribution in [2.45, 2.75) is 13.8 Å². The standard InChI is InChI=1S/C9H8FNS/c1-5-3-7(10)9-8(4-5)12-6(2)11-9/h3-4H,1-2H3. The van der Waals surface area contributed by atoms with E-state index in [4.69, 9.17) is 0 Å². The van der Waals surface area contributed by atoms with E-state index in [2.05, 4.69) is 4.98 Å². The second-order valence-corrected chi connectivity index (χ2v) is 4.06. The van der Waals surface area contributed by atoms with Crippen LogP contribution in [0.1, 0.15) is 10.6 Å². The first-order chi connectivity index (χ1) is 5.66. The van der Waals surface area contributed by atoms with Crippen LogP contribution in [-0.4, -0.2) is 4.98 Å². The Morgan fingerprint density at radius 3 is 2.83 bits per heavy atom. The zero-order chi connectivity index (χ0) is 8.72. The van der Waals surface area contributed by atoms with Crippen LogP contribution in [0, 0.1) is 19.7 Å². The number of thiazole rings is 1. The Kier molecular flexibility index (Phi) is 1.61. The Bertz CT molecular complexity index is 433. The van der Waals surface area contributed by atoms with Gasteiger partial charge in [0.1, 0.15) is 5.52 Å². The molecule has 0 fully saturated rings. The molecule has 0 aliphatic carbocycles. The van der Waals surface area contributed by atoms with Crippen molar-refractivity contribution in [1.29, 1.82) is 0 Å². The van der Waals surface area contributed by atoms with E-state index in [1.165, 1.54) is 17.4 Å². The summed E-state index contributed by atoms with van der Waals surface area (Å²) >= 11 is 1.53. The second-order valence-electron chi connectivity index (χ2n) is 2.83. The lowest BCUT2D eigenvalue weighted by Gasteiger charge is -1.92. The summed E-state index contributed by atoms with van der Waals surface area (Å²) in [7, 11) is 0. The Labute approximate surface area is 73.9 Å². The van der Waals surface area contributed by atoms with E-state index in [1.807, 2.05) is 19.9 Å². The maximum atomic E-state index is 13.2. The number of rotatable bonds is 0. The van der Waals surface area contributed by atoms with Gasteiger partial charge in [0.15, 0.2) is 5.82 Å². The third-order valence-corrected chi connectivity index (χ3v) is 2.62. The molecule has 62 valence electrons. The van der Waals surface area contributed by atoms with Crippen LogP contribution in [0.2, 0.25) is 0 Å². The van der Waals surface area contributed by atoms with Crippen LogP contribution in [0.15, 0.2) is 12.1 Å². The minimum atomic E-state index is -0.214. The fraction of sp³-hybridized carbons (Fsp3) is 0.222. The quantitative estimate of drug-likeness (QED) is 0.608. The number of aryl methyl sites for hydroxylation is 2. The molecule has 0 radical (unpaired) electrons. The van der Waals surface area contributed by atoms with Crippen LogP contribution >= 0.6 is 11.3 Å². The molecule has 0 atom stereocenters. The molecule has 0 bridgehead atoms. The molecule has 2 rings (SSSR count). The molecule has 0 saturated heterocycles. The van der Waals surface area contributed by atoms with Crippen molar-refractivity contribution in [3.05, 3.63) is 28.5 Å². The predicted octanol–water partition coefficient (Wildman–Crippen LogP) is 3.05. The molecule has 0 aliphatic heterocycles. The number of benzene rings is 1. The minimum Gasteiger partial charge on any atom is -0.238 e. The third-order valence-electron chi connectivity index (χ3n) is 1.70. The Balaban J connectivity index is 2.88. The Hall–Kier alpha value is -0.960. The minimum absolute atomic E-state index is 0.214. The maximum absolute atomic E-state index is 13.2. The highest BCUT2D eigenvalue weighted by atomic mass is 32.1. The van der Waals surface area contributed by atoms with E-state index < -0.39 is 0 Å². The molecule has 2 aromatic rings. The van der Waals surface area contributed by atoms with Gasteiger partial charge in [-0.3, -0.25) is 0 Å². The fourth-order valence-corrected chi connectivity index (χ4v) is 2.17. The number of hydrogen-bond donors (Lipinski definition) is 0. The number of fused-ring (bicyclic) bond motifs is 1. The highest BCUT2D eigenvalue weighted by Crippen LogP contribution is 2.24. The van der Waals surface area contributed by atoms with Gasteiger partial charge in [-0.05, 0) is 31.5 Å². The molecule has 1 heterocycles.